The van der Waals surface area contributed by atoms with E-state index in [1.54, 1.807) is 6.08 Å². The lowest BCUT2D eigenvalue weighted by Gasteiger charge is -2.44. The molecule has 108 valence electrons. The smallest absolute Gasteiger partial charge is 0.161 e. The Balaban J connectivity index is 1.73. The average Bonchev–Trinajstić information content (AvgIpc) is 2.78. The van der Waals surface area contributed by atoms with Crippen LogP contribution in [0.3, 0.4) is 0 Å². The normalized spacial score (nSPS) is 35.3. The number of carbonyl (C=O) groups excluding carboxylic acids is 1. The molecule has 0 saturated carbocycles. The largest absolute Gasteiger partial charge is 0.486 e. The van der Waals surface area contributed by atoms with Crippen LogP contribution in [0.25, 0.3) is 0 Å². The van der Waals surface area contributed by atoms with Gasteiger partial charge in [0.2, 0.25) is 0 Å². The zero-order valence-corrected chi connectivity index (χ0v) is 11.8. The molecule has 3 aliphatic heterocycles. The monoisotopic (exact) mass is 283 g/mol. The summed E-state index contributed by atoms with van der Waals surface area (Å²) in [5, 5.41) is 0. The number of benzene rings is 1. The molecule has 4 heteroatoms. The molecule has 2 bridgehead atoms. The summed E-state index contributed by atoms with van der Waals surface area (Å²) in [6.45, 7) is 3.21. The van der Waals surface area contributed by atoms with Crippen molar-refractivity contribution >= 4 is 5.78 Å². The molecule has 1 aromatic rings. The Kier molecular flexibility index (Phi) is 2.19. The Hall–Kier alpha value is -1.81. The maximum atomic E-state index is 11.8. The first kappa shape index (κ1) is 11.8. The van der Waals surface area contributed by atoms with Crippen LogP contribution in [0.5, 0.6) is 11.5 Å². The SMILES string of the molecule is O=C1C=CC23CCN(Cc4cc5c(cc42)OCCO5)C3C1. The summed E-state index contributed by atoms with van der Waals surface area (Å²) in [6, 6.07) is 4.63. The standard InChI is InChI=1S/C17H17NO3/c19-12-1-2-17-3-4-18(16(17)8-12)10-11-7-14-15(9-13(11)17)21-6-5-20-14/h1-2,7,9,16H,3-6,8,10H2. The van der Waals surface area contributed by atoms with Gasteiger partial charge in [0.1, 0.15) is 13.2 Å². The Labute approximate surface area is 123 Å². The third-order valence-corrected chi connectivity index (χ3v) is 5.45. The molecule has 4 aliphatic rings. The summed E-state index contributed by atoms with van der Waals surface area (Å²) >= 11 is 0. The second-order valence-electron chi connectivity index (χ2n) is 6.43. The second-order valence-corrected chi connectivity index (χ2v) is 6.43. The summed E-state index contributed by atoms with van der Waals surface area (Å²) in [7, 11) is 0. The van der Waals surface area contributed by atoms with Crippen LogP contribution >= 0.6 is 0 Å². The van der Waals surface area contributed by atoms with Crippen molar-refractivity contribution in [2.45, 2.75) is 30.8 Å². The number of ketones is 1. The van der Waals surface area contributed by atoms with E-state index in [9.17, 15) is 4.79 Å². The molecule has 0 spiro atoms. The van der Waals surface area contributed by atoms with E-state index in [0.29, 0.717) is 25.7 Å². The van der Waals surface area contributed by atoms with Gasteiger partial charge in [0.25, 0.3) is 0 Å². The molecule has 0 amide bonds. The van der Waals surface area contributed by atoms with Gasteiger partial charge in [0, 0.05) is 31.0 Å². The highest BCUT2D eigenvalue weighted by molar-refractivity contribution is 5.92. The van der Waals surface area contributed by atoms with E-state index in [4.69, 9.17) is 9.47 Å². The lowest BCUT2D eigenvalue weighted by atomic mass is 9.67. The number of ether oxygens (including phenoxy) is 2. The quantitative estimate of drug-likeness (QED) is 0.728. The number of fused-ring (bicyclic) bond motifs is 2. The molecular weight excluding hydrogens is 266 g/mol. The van der Waals surface area contributed by atoms with E-state index in [1.807, 2.05) is 0 Å². The Morgan fingerprint density at radius 2 is 2.00 bits per heavy atom. The van der Waals surface area contributed by atoms with E-state index in [0.717, 1.165) is 31.0 Å². The highest BCUT2D eigenvalue weighted by Gasteiger charge is 2.53. The predicted octanol–water partition coefficient (Wildman–Crippen LogP) is 1.81. The molecule has 0 N–H and O–H groups in total. The summed E-state index contributed by atoms with van der Waals surface area (Å²) in [6.07, 6.45) is 5.67. The van der Waals surface area contributed by atoms with Gasteiger partial charge in [0.15, 0.2) is 17.3 Å². The van der Waals surface area contributed by atoms with Crippen molar-refractivity contribution in [2.75, 3.05) is 19.8 Å². The van der Waals surface area contributed by atoms with Crippen LogP contribution in [0.1, 0.15) is 24.0 Å². The maximum Gasteiger partial charge on any atom is 0.161 e. The molecule has 3 atom stereocenters. The Morgan fingerprint density at radius 1 is 1.19 bits per heavy atom. The summed E-state index contributed by atoms with van der Waals surface area (Å²) in [4.78, 5) is 14.3. The van der Waals surface area contributed by atoms with Crippen molar-refractivity contribution in [1.82, 2.24) is 4.90 Å². The highest BCUT2D eigenvalue weighted by atomic mass is 16.6. The fourth-order valence-electron chi connectivity index (χ4n) is 4.49. The van der Waals surface area contributed by atoms with Gasteiger partial charge in [-0.05, 0) is 35.8 Å². The van der Waals surface area contributed by atoms with Crippen LogP contribution in [0, 0.1) is 0 Å². The fourth-order valence-corrected chi connectivity index (χ4v) is 4.49. The Morgan fingerprint density at radius 3 is 2.86 bits per heavy atom. The summed E-state index contributed by atoms with van der Waals surface area (Å²) < 4.78 is 11.5. The third-order valence-electron chi connectivity index (χ3n) is 5.45. The molecule has 1 aromatic carbocycles. The maximum absolute atomic E-state index is 11.8. The van der Waals surface area contributed by atoms with Gasteiger partial charge in [-0.15, -0.1) is 0 Å². The molecule has 0 aromatic heterocycles. The first-order valence-electron chi connectivity index (χ1n) is 7.65. The van der Waals surface area contributed by atoms with Gasteiger partial charge in [-0.2, -0.15) is 0 Å². The van der Waals surface area contributed by atoms with E-state index >= 15 is 0 Å². The van der Waals surface area contributed by atoms with E-state index in [2.05, 4.69) is 23.1 Å². The molecule has 4 nitrogen and oxygen atoms in total. The van der Waals surface area contributed by atoms with Crippen molar-refractivity contribution in [1.29, 1.82) is 0 Å². The van der Waals surface area contributed by atoms with E-state index in [-0.39, 0.29) is 11.2 Å². The van der Waals surface area contributed by atoms with Crippen LogP contribution in [-0.4, -0.2) is 36.5 Å². The molecular formula is C17H17NO3. The van der Waals surface area contributed by atoms with Gasteiger partial charge in [-0.1, -0.05) is 6.08 Å². The molecule has 1 aliphatic carbocycles. The van der Waals surface area contributed by atoms with Gasteiger partial charge < -0.3 is 9.47 Å². The van der Waals surface area contributed by atoms with Crippen molar-refractivity contribution in [3.05, 3.63) is 35.4 Å². The average molecular weight is 283 g/mol. The van der Waals surface area contributed by atoms with E-state index in [1.165, 1.54) is 11.1 Å². The number of carbonyl (C=O) groups is 1. The zero-order chi connectivity index (χ0) is 14.0. The number of hydrogen-bond donors (Lipinski definition) is 0. The number of rotatable bonds is 0. The highest BCUT2D eigenvalue weighted by Crippen LogP contribution is 2.52. The van der Waals surface area contributed by atoms with Crippen LogP contribution < -0.4 is 9.47 Å². The fraction of sp³-hybridized carbons (Fsp3) is 0.471. The molecule has 1 fully saturated rings. The van der Waals surface area contributed by atoms with Crippen molar-refractivity contribution < 1.29 is 14.3 Å². The lowest BCUT2D eigenvalue weighted by Crippen LogP contribution is -2.48. The predicted molar refractivity (Wildman–Crippen MR) is 76.7 cm³/mol. The van der Waals surface area contributed by atoms with Crippen LogP contribution in [0.15, 0.2) is 24.3 Å². The minimum atomic E-state index is -0.00265. The van der Waals surface area contributed by atoms with Crippen LogP contribution in [-0.2, 0) is 16.8 Å². The van der Waals surface area contributed by atoms with Crippen molar-refractivity contribution in [3.8, 4) is 11.5 Å². The van der Waals surface area contributed by atoms with Crippen molar-refractivity contribution in [2.24, 2.45) is 0 Å². The number of nitrogens with zero attached hydrogens (tertiary/aromatic N) is 1. The Bertz CT molecular complexity index is 681. The summed E-state index contributed by atoms with van der Waals surface area (Å²) in [5.41, 5.74) is 2.67. The molecule has 21 heavy (non-hydrogen) atoms. The zero-order valence-electron chi connectivity index (χ0n) is 11.8. The molecule has 1 saturated heterocycles. The van der Waals surface area contributed by atoms with Crippen LogP contribution in [0.2, 0.25) is 0 Å². The molecule has 0 radical (unpaired) electrons. The van der Waals surface area contributed by atoms with E-state index < -0.39 is 0 Å². The minimum absolute atomic E-state index is 0.00265. The summed E-state index contributed by atoms with van der Waals surface area (Å²) in [5.74, 6) is 1.98. The molecule has 3 heterocycles. The molecule has 5 rings (SSSR count). The van der Waals surface area contributed by atoms with Gasteiger partial charge in [-0.3, -0.25) is 9.69 Å². The first-order valence-corrected chi connectivity index (χ1v) is 7.65. The third kappa shape index (κ3) is 1.46. The number of allylic oxidation sites excluding steroid dienone is 1. The van der Waals surface area contributed by atoms with Gasteiger partial charge in [0.05, 0.1) is 0 Å². The first-order chi connectivity index (χ1) is 10.3. The molecule has 3 unspecified atom stereocenters. The van der Waals surface area contributed by atoms with Gasteiger partial charge >= 0.3 is 0 Å². The topological polar surface area (TPSA) is 38.8 Å². The number of hydrogen-bond acceptors (Lipinski definition) is 4. The second kappa shape index (κ2) is 3.89. The van der Waals surface area contributed by atoms with Gasteiger partial charge in [-0.25, -0.2) is 0 Å². The minimum Gasteiger partial charge on any atom is -0.486 e. The lowest BCUT2D eigenvalue weighted by molar-refractivity contribution is -0.116. The van der Waals surface area contributed by atoms with Crippen LogP contribution in [0.4, 0.5) is 0 Å². The van der Waals surface area contributed by atoms with Crippen molar-refractivity contribution in [3.63, 3.8) is 0 Å².